The van der Waals surface area contributed by atoms with E-state index in [-0.39, 0.29) is 4.90 Å². The van der Waals surface area contributed by atoms with Crippen molar-refractivity contribution in [3.8, 4) is 0 Å². The van der Waals surface area contributed by atoms with E-state index >= 15 is 0 Å². The first-order chi connectivity index (χ1) is 9.97. The van der Waals surface area contributed by atoms with E-state index in [0.29, 0.717) is 11.4 Å². The molecule has 2 N–H and O–H groups in total. The summed E-state index contributed by atoms with van der Waals surface area (Å²) in [5.74, 6) is 0. The highest BCUT2D eigenvalue weighted by atomic mass is 35.5. The van der Waals surface area contributed by atoms with Gasteiger partial charge >= 0.3 is 0 Å². The van der Waals surface area contributed by atoms with E-state index in [1.807, 2.05) is 24.3 Å². The maximum atomic E-state index is 12.4. The van der Waals surface area contributed by atoms with E-state index in [1.54, 1.807) is 12.1 Å². The molecule has 1 aliphatic rings. The standard InChI is InChI=1S/C15H14ClNO3S/c16-11-5-3-6-12(9-11)21(19,20)17-15-13-7-2-1-4-10(13)8-14(15)18/h1-7,9,14-15,17-18H,8H2/t14-,15+/m0/s1. The first kappa shape index (κ1) is 14.5. The van der Waals surface area contributed by atoms with Crippen molar-refractivity contribution in [2.75, 3.05) is 0 Å². The van der Waals surface area contributed by atoms with Crippen molar-refractivity contribution in [2.24, 2.45) is 0 Å². The topological polar surface area (TPSA) is 66.4 Å². The maximum absolute atomic E-state index is 12.4. The number of fused-ring (bicyclic) bond motifs is 1. The summed E-state index contributed by atoms with van der Waals surface area (Å²) < 4.78 is 27.4. The van der Waals surface area contributed by atoms with Crippen LogP contribution in [0.25, 0.3) is 0 Å². The van der Waals surface area contributed by atoms with Gasteiger partial charge in [-0.25, -0.2) is 13.1 Å². The van der Waals surface area contributed by atoms with Crippen LogP contribution >= 0.6 is 11.6 Å². The molecule has 6 heteroatoms. The van der Waals surface area contributed by atoms with E-state index in [9.17, 15) is 13.5 Å². The quantitative estimate of drug-likeness (QED) is 0.910. The number of aliphatic hydroxyl groups is 1. The van der Waals surface area contributed by atoms with Gasteiger partial charge in [0.05, 0.1) is 17.0 Å². The summed E-state index contributed by atoms with van der Waals surface area (Å²) in [6.07, 6.45) is -0.324. The van der Waals surface area contributed by atoms with Crippen molar-refractivity contribution < 1.29 is 13.5 Å². The summed E-state index contributed by atoms with van der Waals surface area (Å²) >= 11 is 5.84. The molecule has 1 aliphatic carbocycles. The fourth-order valence-corrected chi connectivity index (χ4v) is 4.13. The zero-order valence-electron chi connectivity index (χ0n) is 11.0. The van der Waals surface area contributed by atoms with E-state index < -0.39 is 22.2 Å². The predicted molar refractivity (Wildman–Crippen MR) is 80.7 cm³/mol. The van der Waals surface area contributed by atoms with Gasteiger partial charge < -0.3 is 5.11 Å². The van der Waals surface area contributed by atoms with Gasteiger partial charge in [-0.2, -0.15) is 0 Å². The first-order valence-electron chi connectivity index (χ1n) is 6.51. The molecule has 2 aromatic carbocycles. The lowest BCUT2D eigenvalue weighted by Gasteiger charge is -2.18. The number of hydrogen-bond acceptors (Lipinski definition) is 3. The van der Waals surface area contributed by atoms with E-state index in [0.717, 1.165) is 11.1 Å². The molecule has 4 nitrogen and oxygen atoms in total. The highest BCUT2D eigenvalue weighted by Gasteiger charge is 2.34. The van der Waals surface area contributed by atoms with Gasteiger partial charge in [0.15, 0.2) is 0 Å². The van der Waals surface area contributed by atoms with Crippen LogP contribution < -0.4 is 4.72 Å². The molecular formula is C15H14ClNO3S. The fraction of sp³-hybridized carbons (Fsp3) is 0.200. The molecule has 0 spiro atoms. The molecule has 0 heterocycles. The lowest BCUT2D eigenvalue weighted by molar-refractivity contribution is 0.151. The predicted octanol–water partition coefficient (Wildman–Crippen LogP) is 2.28. The Morgan fingerprint density at radius 1 is 1.14 bits per heavy atom. The molecule has 2 atom stereocenters. The van der Waals surface area contributed by atoms with Crippen molar-refractivity contribution in [3.63, 3.8) is 0 Å². The summed E-state index contributed by atoms with van der Waals surface area (Å²) in [5, 5.41) is 10.5. The molecule has 0 aliphatic heterocycles. The third-order valence-electron chi connectivity index (χ3n) is 3.59. The van der Waals surface area contributed by atoms with Crippen molar-refractivity contribution in [1.29, 1.82) is 0 Å². The van der Waals surface area contributed by atoms with Crippen LogP contribution in [-0.2, 0) is 16.4 Å². The molecule has 3 rings (SSSR count). The van der Waals surface area contributed by atoms with Crippen LogP contribution in [0.5, 0.6) is 0 Å². The Morgan fingerprint density at radius 2 is 1.90 bits per heavy atom. The van der Waals surface area contributed by atoms with Crippen molar-refractivity contribution in [2.45, 2.75) is 23.5 Å². The third-order valence-corrected chi connectivity index (χ3v) is 5.27. The zero-order valence-corrected chi connectivity index (χ0v) is 12.6. The van der Waals surface area contributed by atoms with Crippen LogP contribution in [0, 0.1) is 0 Å². The second kappa shape index (κ2) is 5.42. The van der Waals surface area contributed by atoms with Crippen molar-refractivity contribution in [1.82, 2.24) is 4.72 Å². The Hall–Kier alpha value is -1.40. The molecule has 0 unspecified atom stereocenters. The summed E-state index contributed by atoms with van der Waals surface area (Å²) in [6, 6.07) is 12.8. The number of halogens is 1. The Bertz CT molecular complexity index is 776. The monoisotopic (exact) mass is 323 g/mol. The molecule has 21 heavy (non-hydrogen) atoms. The van der Waals surface area contributed by atoms with Crippen LogP contribution in [0.2, 0.25) is 5.02 Å². The fourth-order valence-electron chi connectivity index (χ4n) is 2.59. The minimum Gasteiger partial charge on any atom is -0.391 e. The number of aliphatic hydroxyl groups excluding tert-OH is 1. The largest absolute Gasteiger partial charge is 0.391 e. The normalized spacial score (nSPS) is 21.2. The van der Waals surface area contributed by atoms with E-state index in [4.69, 9.17) is 11.6 Å². The lowest BCUT2D eigenvalue weighted by Crippen LogP contribution is -2.33. The Morgan fingerprint density at radius 3 is 2.67 bits per heavy atom. The average Bonchev–Trinajstić information content (AvgIpc) is 2.75. The first-order valence-corrected chi connectivity index (χ1v) is 8.37. The van der Waals surface area contributed by atoms with Gasteiger partial charge in [-0.15, -0.1) is 0 Å². The average molecular weight is 324 g/mol. The smallest absolute Gasteiger partial charge is 0.241 e. The Kier molecular flexibility index (Phi) is 3.75. The van der Waals surface area contributed by atoms with E-state index in [2.05, 4.69) is 4.72 Å². The summed E-state index contributed by atoms with van der Waals surface area (Å²) in [7, 11) is -3.74. The van der Waals surface area contributed by atoms with Gasteiger partial charge in [0.2, 0.25) is 10.0 Å². The van der Waals surface area contributed by atoms with Gasteiger partial charge in [0, 0.05) is 11.4 Å². The number of benzene rings is 2. The summed E-state index contributed by atoms with van der Waals surface area (Å²) in [4.78, 5) is 0.0894. The van der Waals surface area contributed by atoms with Gasteiger partial charge in [-0.1, -0.05) is 41.9 Å². The molecule has 0 saturated heterocycles. The van der Waals surface area contributed by atoms with Crippen LogP contribution in [0.3, 0.4) is 0 Å². The van der Waals surface area contributed by atoms with Crippen LogP contribution in [0.15, 0.2) is 53.4 Å². The van der Waals surface area contributed by atoms with Crippen LogP contribution in [0.1, 0.15) is 17.2 Å². The van der Waals surface area contributed by atoms with E-state index in [1.165, 1.54) is 12.1 Å². The van der Waals surface area contributed by atoms with Gasteiger partial charge in [0.1, 0.15) is 0 Å². The SMILES string of the molecule is O=S(=O)(N[C@@H]1c2ccccc2C[C@@H]1O)c1cccc(Cl)c1. The molecular weight excluding hydrogens is 310 g/mol. The van der Waals surface area contributed by atoms with Crippen LogP contribution in [0.4, 0.5) is 0 Å². The second-order valence-corrected chi connectivity index (χ2v) is 7.18. The van der Waals surface area contributed by atoms with Gasteiger partial charge in [-0.3, -0.25) is 0 Å². The molecule has 0 amide bonds. The molecule has 110 valence electrons. The number of sulfonamides is 1. The highest BCUT2D eigenvalue weighted by molar-refractivity contribution is 7.89. The lowest BCUT2D eigenvalue weighted by atomic mass is 10.1. The molecule has 0 fully saturated rings. The van der Waals surface area contributed by atoms with Gasteiger partial charge in [0.25, 0.3) is 0 Å². The summed E-state index contributed by atoms with van der Waals surface area (Å²) in [5.41, 5.74) is 1.78. The van der Waals surface area contributed by atoms with Crippen molar-refractivity contribution >= 4 is 21.6 Å². The Balaban J connectivity index is 1.93. The molecule has 0 radical (unpaired) electrons. The third kappa shape index (κ3) is 2.82. The minimum atomic E-state index is -3.74. The van der Waals surface area contributed by atoms with Crippen LogP contribution in [-0.4, -0.2) is 19.6 Å². The highest BCUT2D eigenvalue weighted by Crippen LogP contribution is 2.32. The minimum absolute atomic E-state index is 0.0894. The molecule has 0 bridgehead atoms. The molecule has 2 aromatic rings. The molecule has 0 saturated carbocycles. The second-order valence-electron chi connectivity index (χ2n) is 5.03. The number of nitrogens with one attached hydrogen (secondary N) is 1. The zero-order chi connectivity index (χ0) is 15.0. The number of rotatable bonds is 3. The Labute approximate surface area is 128 Å². The molecule has 0 aromatic heterocycles. The maximum Gasteiger partial charge on any atom is 0.241 e. The van der Waals surface area contributed by atoms with Gasteiger partial charge in [-0.05, 0) is 29.3 Å². The summed E-state index contributed by atoms with van der Waals surface area (Å²) in [6.45, 7) is 0. The number of hydrogen-bond donors (Lipinski definition) is 2. The van der Waals surface area contributed by atoms with Crippen molar-refractivity contribution in [3.05, 3.63) is 64.7 Å².